The average molecular weight is 1860 g/mol. The fourth-order valence-electron chi connectivity index (χ4n) is 14.0. The third kappa shape index (κ3) is 18.3. The molecule has 124 heavy (non-hydrogen) atoms. The van der Waals surface area contributed by atoms with Crippen molar-refractivity contribution in [2.75, 3.05) is 68.3 Å². The van der Waals surface area contributed by atoms with Crippen LogP contribution in [0.1, 0.15) is 37.4 Å². The zero-order valence-electron chi connectivity index (χ0n) is 62.2. The van der Waals surface area contributed by atoms with E-state index < -0.39 is 271 Å². The van der Waals surface area contributed by atoms with Crippen LogP contribution < -0.4 is 56.9 Å². The number of rotatable bonds is 32. The number of aliphatic hydroxyl groups excluding tert-OH is 8. The first-order valence-corrected chi connectivity index (χ1v) is 43.2. The molecular weight excluding hydrogens is 1790 g/mol. The predicted octanol–water partition coefficient (Wildman–Crippen LogP) is -8.81. The van der Waals surface area contributed by atoms with Crippen LogP contribution in [0.3, 0.4) is 0 Å². The summed E-state index contributed by atoms with van der Waals surface area (Å²) in [6.07, 6.45) is -41.5. The lowest BCUT2D eigenvalue weighted by Gasteiger charge is -2.27. The number of nitrogens with two attached hydrogens (primary N) is 5. The molecule has 6 fully saturated rings. The van der Waals surface area contributed by atoms with Crippen molar-refractivity contribution in [2.45, 2.75) is 147 Å². The van der Waals surface area contributed by atoms with Gasteiger partial charge in [0.05, 0.1) is 58.6 Å². The number of hydrogen-bond donors (Lipinski definition) is 20. The molecule has 0 bridgehead atoms. The van der Waals surface area contributed by atoms with E-state index in [1.165, 1.54) is 4.57 Å². The largest absolute Gasteiger partial charge is 0.472 e. The van der Waals surface area contributed by atoms with E-state index >= 15 is 0 Å². The van der Waals surface area contributed by atoms with Crippen molar-refractivity contribution in [1.29, 1.82) is 0 Å². The summed E-state index contributed by atoms with van der Waals surface area (Å²) in [5.41, 5.74) is 22.7. The standard InChI is InChI=1S/C57H72N23O39P5/c58-24-1-4-75(55(91)70-24)50-33(86)38(116-120(94,95)104-8-19-30(83)31(84)48(110-19)78-15-67-27-42(60)63-13-65-44(27)78)20(111-50)9-106-122(98,99)117-39-21(112-51(34(39)87)76-5-2-25(59)71-56(76)92)10-107-123(100,101)119-41-23(114-53(36(41)89)80-17-69-29-46(80)73-54(62)74-47(29)90)12-108-124(102,103)118-40-22(113-52(35(40)88)79-16-68-28-43(61)64-14-66-45(28)79)11-105-121(96,97)115-37-18(7-81)109-49(32(37)85)77-6-3-26(82)72-57(77)93/h1-6,13-23,30-41,48-53,81,83-89H,7-12H2,(H,94,95)(H,96,97)(H,98,99)(H,100,101)(H,102,103)(H2,58,70,91)(H2,59,71,92)(H2,60,63,65)(H2,61,64,66)(H,72,82,93)(H3,62,73,74,90)/t18-,19-,20-,21-,22-,23-,30-,31-,32-,33-,34-,35-,36-,37-,38-,39-,40-,41-,48-,49-,50-,51-,52-,53-/m1/s1. The monoisotopic (exact) mass is 1860 g/mol. The molecule has 0 radical (unpaired) electrons. The number of anilines is 5. The summed E-state index contributed by atoms with van der Waals surface area (Å²) in [6, 6.07) is 2.94. The molecule has 15 heterocycles. The summed E-state index contributed by atoms with van der Waals surface area (Å²) in [5, 5.41) is 91.1. The first-order valence-electron chi connectivity index (χ1n) is 35.7. The number of aliphatic hydroxyl groups is 8. The SMILES string of the molecule is Nc1ccn([C@@H]2O[C@H](COP(=O)(O)O[C@H]3[C@@H](O)[C@H](n4ccc(N)nc4=O)O[C@@H]3COP(=O)(O)O[C@H]3[C@@H](O)[C@H](n4cnc5c(=O)[nH]c(N)nc54)O[C@@H]3COP(=O)(O)O[C@H]3[C@@H](O)[C@H](n4cnc5c(N)ncnc54)O[C@@H]3COP(=O)(O)O[C@H]3[C@@H](O)[C@H](n4ccc(=O)[nH]c4=O)O[C@@H]3CO)[C@@H](OP(=O)(O)OC[C@H]3O[C@@H](n4cnc5c(N)ncnc54)[C@H](O)[C@@H]3O)[C@H]2O)c(=O)n1. The van der Waals surface area contributed by atoms with E-state index in [0.717, 1.165) is 77.6 Å². The van der Waals surface area contributed by atoms with Crippen molar-refractivity contribution < 1.29 is 162 Å². The number of phosphoric acid groups is 5. The number of hydrogen-bond acceptors (Lipinski definition) is 49. The molecule has 5 unspecified atom stereocenters. The Balaban J connectivity index is 0.655. The number of nitrogens with one attached hydrogen (secondary N) is 2. The van der Waals surface area contributed by atoms with Crippen LogP contribution in [0, 0.1) is 0 Å². The molecule has 6 aliphatic rings. The van der Waals surface area contributed by atoms with E-state index in [1.807, 2.05) is 4.98 Å². The van der Waals surface area contributed by atoms with Crippen LogP contribution in [0.25, 0.3) is 33.5 Å². The second-order valence-corrected chi connectivity index (χ2v) is 34.8. The Morgan fingerprint density at radius 1 is 0.371 bits per heavy atom. The lowest BCUT2D eigenvalue weighted by molar-refractivity contribution is -0.0661. The predicted molar refractivity (Wildman–Crippen MR) is 395 cm³/mol. The highest BCUT2D eigenvalue weighted by molar-refractivity contribution is 7.48. The molecule has 0 saturated carbocycles. The Hall–Kier alpha value is -9.12. The van der Waals surface area contributed by atoms with Crippen molar-refractivity contribution in [3.05, 3.63) is 121 Å². The summed E-state index contributed by atoms with van der Waals surface area (Å²) in [5.74, 6) is -1.52. The number of fused-ring (bicyclic) bond motifs is 3. The second-order valence-electron chi connectivity index (χ2n) is 27.7. The van der Waals surface area contributed by atoms with Gasteiger partial charge >= 0.3 is 56.2 Å². The number of nitrogen functional groups attached to an aromatic ring is 5. The molecule has 6 aliphatic heterocycles. The van der Waals surface area contributed by atoms with Crippen molar-refractivity contribution in [1.82, 2.24) is 87.2 Å². The van der Waals surface area contributed by atoms with Crippen molar-refractivity contribution in [3.63, 3.8) is 0 Å². The van der Waals surface area contributed by atoms with Crippen LogP contribution in [0.2, 0.25) is 0 Å². The van der Waals surface area contributed by atoms with Crippen LogP contribution in [0.15, 0.2) is 92.4 Å². The molecule has 0 spiro atoms. The van der Waals surface area contributed by atoms with Crippen LogP contribution in [-0.2, 0) is 96.5 Å². The molecule has 0 amide bonds. The van der Waals surface area contributed by atoms with Crippen molar-refractivity contribution in [3.8, 4) is 0 Å². The first kappa shape index (κ1) is 89.7. The van der Waals surface area contributed by atoms with E-state index in [-0.39, 0.29) is 45.6 Å². The smallest absolute Gasteiger partial charge is 0.394 e. The van der Waals surface area contributed by atoms with E-state index in [2.05, 4.69) is 54.8 Å². The van der Waals surface area contributed by atoms with Crippen molar-refractivity contribution >= 4 is 102 Å². The normalized spacial score (nSPS) is 32.7. The van der Waals surface area contributed by atoms with Crippen LogP contribution >= 0.6 is 39.1 Å². The minimum absolute atomic E-state index is 0.0398. The van der Waals surface area contributed by atoms with Crippen LogP contribution in [0.5, 0.6) is 0 Å². The number of nitrogens with zero attached hydrogens (tertiary/aromatic N) is 16. The molecule has 0 aromatic carbocycles. The minimum Gasteiger partial charge on any atom is -0.394 e. The fourth-order valence-corrected chi connectivity index (χ4v) is 18.9. The number of H-pyrrole nitrogens is 2. The summed E-state index contributed by atoms with van der Waals surface area (Å²) in [7, 11) is -29.2. The lowest BCUT2D eigenvalue weighted by Crippen LogP contribution is -2.39. The number of imidazole rings is 3. The quantitative estimate of drug-likeness (QED) is 0.0174. The Labute approximate surface area is 684 Å². The van der Waals surface area contributed by atoms with Gasteiger partial charge in [-0.2, -0.15) is 15.0 Å². The third-order valence-electron chi connectivity index (χ3n) is 19.8. The van der Waals surface area contributed by atoms with Crippen molar-refractivity contribution in [2.24, 2.45) is 0 Å². The van der Waals surface area contributed by atoms with Gasteiger partial charge in [-0.1, -0.05) is 0 Å². The molecule has 6 saturated heterocycles. The zero-order valence-corrected chi connectivity index (χ0v) is 66.6. The Kier molecular flexibility index (Phi) is 25.3. The summed E-state index contributed by atoms with van der Waals surface area (Å²) in [6.45, 7) is -7.68. The van der Waals surface area contributed by atoms with Gasteiger partial charge in [-0.25, -0.2) is 72.1 Å². The average Bonchev–Trinajstić information content (AvgIpc) is 1.62. The molecule has 67 heteroatoms. The Bertz CT molecular complexity index is 6070. The maximum Gasteiger partial charge on any atom is 0.472 e. The van der Waals surface area contributed by atoms with Gasteiger partial charge in [0.25, 0.3) is 11.1 Å². The molecule has 9 aromatic heterocycles. The Morgan fingerprint density at radius 2 is 0.694 bits per heavy atom. The molecule has 0 aliphatic carbocycles. The summed E-state index contributed by atoms with van der Waals surface area (Å²) < 4.78 is 164. The molecular formula is C57H72N23O39P5. The van der Waals surface area contributed by atoms with Crippen LogP contribution in [0.4, 0.5) is 29.2 Å². The van der Waals surface area contributed by atoms with E-state index in [0.29, 0.717) is 13.7 Å². The second kappa shape index (κ2) is 34.9. The zero-order chi connectivity index (χ0) is 88.9. The topological polar surface area (TPSA) is 902 Å². The van der Waals surface area contributed by atoms with E-state index in [9.17, 15) is 112 Å². The van der Waals surface area contributed by atoms with Gasteiger partial charge in [0, 0.05) is 24.7 Å². The maximum absolute atomic E-state index is 14.5. The van der Waals surface area contributed by atoms with Gasteiger partial charge in [-0.05, 0) is 12.1 Å². The third-order valence-corrected chi connectivity index (χ3v) is 24.7. The molecule has 674 valence electrons. The number of aromatic nitrogens is 18. The molecule has 62 nitrogen and oxygen atoms in total. The highest BCUT2D eigenvalue weighted by Crippen LogP contribution is 2.57. The fraction of sp³-hybridized carbons (Fsp3) is 0.526. The number of phosphoric ester groups is 5. The molecule has 9 aromatic rings. The van der Waals surface area contributed by atoms with Gasteiger partial charge in [-0.3, -0.25) is 92.2 Å². The minimum atomic E-state index is -6.03. The van der Waals surface area contributed by atoms with Gasteiger partial charge in [-0.15, -0.1) is 0 Å². The van der Waals surface area contributed by atoms with Gasteiger partial charge < -0.3 is 122 Å². The van der Waals surface area contributed by atoms with Crippen LogP contribution in [-0.4, -0.2) is 302 Å². The summed E-state index contributed by atoms with van der Waals surface area (Å²) in [4.78, 5) is 164. The molecule has 15 rings (SSSR count). The van der Waals surface area contributed by atoms with E-state index in [1.54, 1.807) is 0 Å². The number of ether oxygens (including phenoxy) is 6. The highest BCUT2D eigenvalue weighted by Gasteiger charge is 2.58. The lowest BCUT2D eigenvalue weighted by atomic mass is 10.1. The highest BCUT2D eigenvalue weighted by atomic mass is 31.2. The van der Waals surface area contributed by atoms with Gasteiger partial charge in [0.1, 0.15) is 145 Å². The van der Waals surface area contributed by atoms with Gasteiger partial charge in [0.2, 0.25) is 5.95 Å². The molecule has 29 atom stereocenters. The number of aromatic amines is 2. The molecule has 25 N–H and O–H groups in total. The first-order chi connectivity index (χ1) is 58.6. The Morgan fingerprint density at radius 3 is 1.07 bits per heavy atom. The maximum atomic E-state index is 14.5. The van der Waals surface area contributed by atoms with E-state index in [4.69, 9.17) is 102 Å². The summed E-state index contributed by atoms with van der Waals surface area (Å²) >= 11 is 0. The van der Waals surface area contributed by atoms with Gasteiger partial charge in [0.15, 0.2) is 71.5 Å².